The highest BCUT2D eigenvalue weighted by Gasteiger charge is 2.01. The van der Waals surface area contributed by atoms with E-state index in [0.29, 0.717) is 26.2 Å². The molecule has 0 spiro atoms. The third-order valence-electron chi connectivity index (χ3n) is 4.93. The molecule has 0 saturated heterocycles. The van der Waals surface area contributed by atoms with Crippen LogP contribution in [-0.2, 0) is 36.6 Å². The van der Waals surface area contributed by atoms with Crippen LogP contribution in [0.1, 0.15) is 17.5 Å². The number of rotatable bonds is 12. The van der Waals surface area contributed by atoms with Crippen molar-refractivity contribution in [2.75, 3.05) is 39.5 Å². The number of aliphatic hydroxyl groups excluding tert-OH is 1. The molecule has 2 heterocycles. The van der Waals surface area contributed by atoms with Crippen molar-refractivity contribution < 1.29 is 27.2 Å². The first-order valence-corrected chi connectivity index (χ1v) is 14.6. The molecule has 0 unspecified atom stereocenters. The first-order chi connectivity index (χ1) is 16.4. The van der Waals surface area contributed by atoms with Gasteiger partial charge >= 0.3 is 0 Å². The van der Waals surface area contributed by atoms with E-state index in [0.717, 1.165) is 19.1 Å². The summed E-state index contributed by atoms with van der Waals surface area (Å²) in [4.78, 5) is 0. The second-order valence-electron chi connectivity index (χ2n) is 7.61. The zero-order valence-corrected chi connectivity index (χ0v) is 21.6. The fraction of sp³-hybridized carbons (Fsp3) is 0.360. The van der Waals surface area contributed by atoms with Crippen LogP contribution in [0.4, 0.5) is 0 Å². The Kier molecular flexibility index (Phi) is 10.9. The standard InChI is InChI=1S/C14H18O4S2.C11H12O2S/c1-20(15,16)18-8-2-7-17-9-5-12-3-4-14-13(11-12)6-10-19-14;12-8-13-5-3-9-1-2-11-10(7-9)4-6-14-11/h3-4,6,10-11H,2,5,7-9H2,1H3;1-2,4,6-7,12H,3,5,8H2. The molecule has 0 aliphatic rings. The summed E-state index contributed by atoms with van der Waals surface area (Å²) in [5, 5.41) is 15.2. The van der Waals surface area contributed by atoms with Crippen molar-refractivity contribution in [1.29, 1.82) is 0 Å². The molecule has 6 nitrogen and oxygen atoms in total. The van der Waals surface area contributed by atoms with Gasteiger partial charge in [0.1, 0.15) is 6.79 Å². The molecule has 1 N–H and O–H groups in total. The Labute approximate surface area is 208 Å². The summed E-state index contributed by atoms with van der Waals surface area (Å²) in [7, 11) is -3.33. The van der Waals surface area contributed by atoms with Gasteiger partial charge in [0.05, 0.1) is 26.1 Å². The Balaban J connectivity index is 0.000000202. The molecule has 34 heavy (non-hydrogen) atoms. The van der Waals surface area contributed by atoms with Crippen LogP contribution in [0.15, 0.2) is 59.3 Å². The number of aliphatic hydroxyl groups is 1. The van der Waals surface area contributed by atoms with E-state index in [2.05, 4.69) is 63.5 Å². The van der Waals surface area contributed by atoms with Gasteiger partial charge < -0.3 is 14.6 Å². The Morgan fingerprint density at radius 2 is 1.32 bits per heavy atom. The van der Waals surface area contributed by atoms with E-state index in [9.17, 15) is 8.42 Å². The lowest BCUT2D eigenvalue weighted by Gasteiger charge is -2.05. The molecule has 0 radical (unpaired) electrons. The maximum Gasteiger partial charge on any atom is 0.264 e. The van der Waals surface area contributed by atoms with Crippen molar-refractivity contribution in [1.82, 2.24) is 0 Å². The van der Waals surface area contributed by atoms with Gasteiger partial charge in [-0.25, -0.2) is 0 Å². The molecule has 2 aromatic carbocycles. The zero-order valence-electron chi connectivity index (χ0n) is 19.1. The number of hydrogen-bond donors (Lipinski definition) is 1. The molecule has 0 amide bonds. The van der Waals surface area contributed by atoms with Gasteiger partial charge in [-0.2, -0.15) is 8.42 Å². The third kappa shape index (κ3) is 9.42. The van der Waals surface area contributed by atoms with Crippen molar-refractivity contribution >= 4 is 53.0 Å². The van der Waals surface area contributed by atoms with E-state index < -0.39 is 10.1 Å². The van der Waals surface area contributed by atoms with Gasteiger partial charge in [0.2, 0.25) is 0 Å². The predicted molar refractivity (Wildman–Crippen MR) is 140 cm³/mol. The Hall–Kier alpha value is -1.85. The lowest BCUT2D eigenvalue weighted by molar-refractivity contribution is 0.000276. The van der Waals surface area contributed by atoms with Gasteiger partial charge in [0, 0.05) is 16.0 Å². The molecule has 0 fully saturated rings. The molecule has 4 aromatic rings. The molecular formula is C25H30O6S3. The average molecular weight is 523 g/mol. The van der Waals surface area contributed by atoms with Crippen LogP contribution < -0.4 is 0 Å². The van der Waals surface area contributed by atoms with E-state index in [1.165, 1.54) is 31.3 Å². The number of hydrogen-bond acceptors (Lipinski definition) is 8. The molecule has 0 atom stereocenters. The Bertz CT molecular complexity index is 1250. The molecule has 4 rings (SSSR count). The predicted octanol–water partition coefficient (Wildman–Crippen LogP) is 5.24. The number of thiophene rings is 2. The molecule has 184 valence electrons. The van der Waals surface area contributed by atoms with Crippen LogP contribution in [0.25, 0.3) is 20.2 Å². The van der Waals surface area contributed by atoms with Crippen molar-refractivity contribution in [2.45, 2.75) is 19.3 Å². The van der Waals surface area contributed by atoms with Crippen LogP contribution >= 0.6 is 22.7 Å². The third-order valence-corrected chi connectivity index (χ3v) is 7.32. The first kappa shape index (κ1) is 26.7. The maximum absolute atomic E-state index is 10.7. The minimum atomic E-state index is -3.33. The quantitative estimate of drug-likeness (QED) is 0.156. The van der Waals surface area contributed by atoms with Crippen LogP contribution in [0, 0.1) is 0 Å². The molecule has 0 aliphatic carbocycles. The Morgan fingerprint density at radius 3 is 1.85 bits per heavy atom. The molecule has 9 heteroatoms. The van der Waals surface area contributed by atoms with Gasteiger partial charge in [0.15, 0.2) is 0 Å². The largest absolute Gasteiger partial charge is 0.381 e. The lowest BCUT2D eigenvalue weighted by Crippen LogP contribution is -2.07. The summed E-state index contributed by atoms with van der Waals surface area (Å²) >= 11 is 3.49. The van der Waals surface area contributed by atoms with Gasteiger partial charge in [-0.15, -0.1) is 22.7 Å². The average Bonchev–Trinajstić information content (AvgIpc) is 3.47. The topological polar surface area (TPSA) is 82.1 Å². The van der Waals surface area contributed by atoms with E-state index in [-0.39, 0.29) is 13.4 Å². The fourth-order valence-electron chi connectivity index (χ4n) is 3.26. The monoisotopic (exact) mass is 522 g/mol. The normalized spacial score (nSPS) is 11.6. The highest BCUT2D eigenvalue weighted by Crippen LogP contribution is 2.22. The maximum atomic E-state index is 10.7. The molecule has 2 aromatic heterocycles. The smallest absolute Gasteiger partial charge is 0.264 e. The highest BCUT2D eigenvalue weighted by atomic mass is 32.2. The summed E-state index contributed by atoms with van der Waals surface area (Å²) in [5.74, 6) is 0. The molecule has 0 aliphatic heterocycles. The van der Waals surface area contributed by atoms with Crippen molar-refractivity contribution in [3.8, 4) is 0 Å². The number of ether oxygens (including phenoxy) is 2. The summed E-state index contributed by atoms with van der Waals surface area (Å²) < 4.78 is 39.1. The van der Waals surface area contributed by atoms with Crippen LogP contribution in [0.2, 0.25) is 0 Å². The second-order valence-corrected chi connectivity index (χ2v) is 11.2. The fourth-order valence-corrected chi connectivity index (χ4v) is 5.22. The van der Waals surface area contributed by atoms with E-state index in [1.807, 2.05) is 0 Å². The highest BCUT2D eigenvalue weighted by molar-refractivity contribution is 7.85. The zero-order chi connectivity index (χ0) is 24.2. The second kappa shape index (κ2) is 13.9. The van der Waals surface area contributed by atoms with Gasteiger partial charge in [-0.3, -0.25) is 4.18 Å². The van der Waals surface area contributed by atoms with Crippen molar-refractivity contribution in [3.63, 3.8) is 0 Å². The molecule has 0 bridgehead atoms. The first-order valence-electron chi connectivity index (χ1n) is 11.0. The van der Waals surface area contributed by atoms with Gasteiger partial charge in [-0.1, -0.05) is 24.3 Å². The summed E-state index contributed by atoms with van der Waals surface area (Å²) in [6.07, 6.45) is 3.34. The minimum absolute atomic E-state index is 0.180. The van der Waals surface area contributed by atoms with Crippen LogP contribution in [0.5, 0.6) is 0 Å². The van der Waals surface area contributed by atoms with E-state index in [1.54, 1.807) is 22.7 Å². The van der Waals surface area contributed by atoms with Crippen LogP contribution in [0.3, 0.4) is 0 Å². The van der Waals surface area contributed by atoms with Crippen LogP contribution in [-0.4, -0.2) is 53.0 Å². The molecular weight excluding hydrogens is 492 g/mol. The lowest BCUT2D eigenvalue weighted by atomic mass is 10.1. The van der Waals surface area contributed by atoms with Gasteiger partial charge in [0.25, 0.3) is 10.1 Å². The molecule has 0 saturated carbocycles. The number of fused-ring (bicyclic) bond motifs is 2. The SMILES string of the molecule is CS(=O)(=O)OCCCOCCc1ccc2sccc2c1.OCOCCc1ccc2sccc2c1. The summed E-state index contributed by atoms with van der Waals surface area (Å²) in [6, 6.07) is 17.1. The summed E-state index contributed by atoms with van der Waals surface area (Å²) in [5.41, 5.74) is 2.51. The van der Waals surface area contributed by atoms with Crippen molar-refractivity contribution in [2.24, 2.45) is 0 Å². The number of benzene rings is 2. The summed E-state index contributed by atoms with van der Waals surface area (Å²) in [6.45, 7) is 1.71. The van der Waals surface area contributed by atoms with Gasteiger partial charge in [-0.05, 0) is 76.2 Å². The van der Waals surface area contributed by atoms with E-state index >= 15 is 0 Å². The minimum Gasteiger partial charge on any atom is -0.381 e. The van der Waals surface area contributed by atoms with Crippen molar-refractivity contribution in [3.05, 3.63) is 70.4 Å². The van der Waals surface area contributed by atoms with E-state index in [4.69, 9.17) is 14.6 Å². The Morgan fingerprint density at radius 1 is 0.765 bits per heavy atom.